The molecule has 2 atom stereocenters. The topological polar surface area (TPSA) is 52.7 Å². The van der Waals surface area contributed by atoms with Gasteiger partial charge in [-0.2, -0.15) is 17.0 Å². The lowest BCUT2D eigenvalue weighted by Gasteiger charge is -2.42. The van der Waals surface area contributed by atoms with Gasteiger partial charge in [-0.15, -0.1) is 0 Å². The summed E-state index contributed by atoms with van der Waals surface area (Å²) in [5.74, 6) is 1.39. The fourth-order valence-corrected chi connectivity index (χ4v) is 5.50. The van der Waals surface area contributed by atoms with Gasteiger partial charge in [0.1, 0.15) is 0 Å². The van der Waals surface area contributed by atoms with Crippen molar-refractivity contribution in [2.45, 2.75) is 32.1 Å². The average Bonchev–Trinajstić information content (AvgIpc) is 2.47. The van der Waals surface area contributed by atoms with Crippen molar-refractivity contribution >= 4 is 10.2 Å². The standard InChI is InChI=1S/C13H25N3O2S/c17-19(18,15-9-6-14-7-10-15)16-8-5-12-3-1-2-4-13(12)11-16/h12-14H,1-11H2. The summed E-state index contributed by atoms with van der Waals surface area (Å²) in [6, 6.07) is 0. The van der Waals surface area contributed by atoms with Crippen LogP contribution < -0.4 is 5.32 Å². The van der Waals surface area contributed by atoms with Gasteiger partial charge in [-0.1, -0.05) is 19.3 Å². The molecule has 2 heterocycles. The van der Waals surface area contributed by atoms with Gasteiger partial charge < -0.3 is 5.32 Å². The largest absolute Gasteiger partial charge is 0.314 e. The molecule has 3 aliphatic rings. The highest BCUT2D eigenvalue weighted by Gasteiger charge is 2.38. The number of hydrogen-bond acceptors (Lipinski definition) is 3. The summed E-state index contributed by atoms with van der Waals surface area (Å²) in [5, 5.41) is 3.21. The molecule has 110 valence electrons. The first-order valence-corrected chi connectivity index (χ1v) is 9.03. The number of piperidine rings is 1. The molecule has 0 radical (unpaired) electrons. The molecule has 3 fully saturated rings. The van der Waals surface area contributed by atoms with Crippen molar-refractivity contribution in [1.29, 1.82) is 0 Å². The second-order valence-electron chi connectivity index (χ2n) is 6.11. The molecule has 0 aromatic carbocycles. The van der Waals surface area contributed by atoms with Crippen LogP contribution >= 0.6 is 0 Å². The molecule has 6 heteroatoms. The molecule has 1 saturated carbocycles. The molecule has 0 aromatic heterocycles. The van der Waals surface area contributed by atoms with E-state index in [9.17, 15) is 8.42 Å². The van der Waals surface area contributed by atoms with Gasteiger partial charge in [0.25, 0.3) is 10.2 Å². The Bertz CT molecular complexity index is 406. The van der Waals surface area contributed by atoms with Crippen LogP contribution in [0, 0.1) is 11.8 Å². The lowest BCUT2D eigenvalue weighted by molar-refractivity contribution is 0.130. The molecule has 5 nitrogen and oxygen atoms in total. The Hall–Kier alpha value is -0.170. The minimum Gasteiger partial charge on any atom is -0.314 e. The zero-order valence-corrected chi connectivity index (χ0v) is 12.4. The van der Waals surface area contributed by atoms with Gasteiger partial charge >= 0.3 is 0 Å². The van der Waals surface area contributed by atoms with E-state index in [1.165, 1.54) is 25.7 Å². The molecule has 2 aliphatic heterocycles. The Balaban J connectivity index is 1.67. The van der Waals surface area contributed by atoms with Gasteiger partial charge in [0.05, 0.1) is 0 Å². The van der Waals surface area contributed by atoms with Gasteiger partial charge in [-0.25, -0.2) is 0 Å². The van der Waals surface area contributed by atoms with Crippen molar-refractivity contribution in [3.05, 3.63) is 0 Å². The van der Waals surface area contributed by atoms with Gasteiger partial charge in [0.2, 0.25) is 0 Å². The van der Waals surface area contributed by atoms with E-state index in [1.54, 1.807) is 8.61 Å². The second-order valence-corrected chi connectivity index (χ2v) is 8.04. The van der Waals surface area contributed by atoms with Gasteiger partial charge in [0.15, 0.2) is 0 Å². The fraction of sp³-hybridized carbons (Fsp3) is 1.00. The smallest absolute Gasteiger partial charge is 0.282 e. The molecule has 1 aliphatic carbocycles. The highest BCUT2D eigenvalue weighted by molar-refractivity contribution is 7.86. The molecular weight excluding hydrogens is 262 g/mol. The molecule has 19 heavy (non-hydrogen) atoms. The number of nitrogens with one attached hydrogen (secondary N) is 1. The summed E-state index contributed by atoms with van der Waals surface area (Å²) < 4.78 is 28.7. The SMILES string of the molecule is O=S(=O)(N1CCNCC1)N1CCC2CCCCC2C1. The van der Waals surface area contributed by atoms with Crippen molar-refractivity contribution < 1.29 is 8.42 Å². The number of fused-ring (bicyclic) bond motifs is 1. The molecule has 0 aromatic rings. The van der Waals surface area contributed by atoms with E-state index in [4.69, 9.17) is 0 Å². The zero-order chi connectivity index (χ0) is 13.3. The predicted molar refractivity (Wildman–Crippen MR) is 75.0 cm³/mol. The van der Waals surface area contributed by atoms with Crippen LogP contribution in [-0.4, -0.2) is 56.3 Å². The summed E-state index contributed by atoms with van der Waals surface area (Å²) in [5.41, 5.74) is 0. The molecule has 3 rings (SSSR count). The van der Waals surface area contributed by atoms with E-state index >= 15 is 0 Å². The Morgan fingerprint density at radius 2 is 1.53 bits per heavy atom. The van der Waals surface area contributed by atoms with Crippen LogP contribution in [0.25, 0.3) is 0 Å². The van der Waals surface area contributed by atoms with E-state index in [0.717, 1.165) is 38.5 Å². The monoisotopic (exact) mass is 287 g/mol. The third kappa shape index (κ3) is 2.82. The Morgan fingerprint density at radius 1 is 0.842 bits per heavy atom. The summed E-state index contributed by atoms with van der Waals surface area (Å²) in [4.78, 5) is 0. The van der Waals surface area contributed by atoms with Gasteiger partial charge in [-0.3, -0.25) is 0 Å². The third-order valence-corrected chi connectivity index (χ3v) is 6.98. The Kier molecular flexibility index (Phi) is 4.12. The average molecular weight is 287 g/mol. The summed E-state index contributed by atoms with van der Waals surface area (Å²) in [6.07, 6.45) is 6.22. The fourth-order valence-electron chi connectivity index (χ4n) is 3.82. The van der Waals surface area contributed by atoms with Crippen molar-refractivity contribution in [1.82, 2.24) is 13.9 Å². The first kappa shape index (κ1) is 13.8. The number of hydrogen-bond donors (Lipinski definition) is 1. The maximum absolute atomic E-state index is 12.6. The van der Waals surface area contributed by atoms with Crippen LogP contribution in [0.1, 0.15) is 32.1 Å². The number of nitrogens with zero attached hydrogens (tertiary/aromatic N) is 2. The van der Waals surface area contributed by atoms with Crippen LogP contribution in [0.4, 0.5) is 0 Å². The summed E-state index contributed by atoms with van der Waals surface area (Å²) >= 11 is 0. The van der Waals surface area contributed by atoms with E-state index in [1.807, 2.05) is 0 Å². The molecule has 0 amide bonds. The quantitative estimate of drug-likeness (QED) is 0.811. The number of piperazine rings is 1. The normalized spacial score (nSPS) is 34.9. The van der Waals surface area contributed by atoms with Crippen LogP contribution in [-0.2, 0) is 10.2 Å². The predicted octanol–water partition coefficient (Wildman–Crippen LogP) is 0.649. The molecule has 2 unspecified atom stereocenters. The highest BCUT2D eigenvalue weighted by Crippen LogP contribution is 2.37. The summed E-state index contributed by atoms with van der Waals surface area (Å²) in [6.45, 7) is 4.28. The van der Waals surface area contributed by atoms with E-state index in [0.29, 0.717) is 19.0 Å². The van der Waals surface area contributed by atoms with Crippen molar-refractivity contribution in [2.24, 2.45) is 11.8 Å². The lowest BCUT2D eigenvalue weighted by Crippen LogP contribution is -2.54. The Labute approximate surface area is 116 Å². The van der Waals surface area contributed by atoms with E-state index < -0.39 is 10.2 Å². The minimum absolute atomic E-state index is 0.611. The molecule has 2 saturated heterocycles. The van der Waals surface area contributed by atoms with Crippen LogP contribution in [0.15, 0.2) is 0 Å². The lowest BCUT2D eigenvalue weighted by atomic mass is 9.76. The van der Waals surface area contributed by atoms with Gasteiger partial charge in [-0.05, 0) is 24.7 Å². The maximum atomic E-state index is 12.6. The van der Waals surface area contributed by atoms with Crippen molar-refractivity contribution in [2.75, 3.05) is 39.3 Å². The molecule has 0 bridgehead atoms. The maximum Gasteiger partial charge on any atom is 0.282 e. The first-order chi connectivity index (χ1) is 9.18. The third-order valence-electron chi connectivity index (χ3n) is 4.98. The highest BCUT2D eigenvalue weighted by atomic mass is 32.2. The van der Waals surface area contributed by atoms with Gasteiger partial charge in [0, 0.05) is 39.3 Å². The molecule has 0 spiro atoms. The molecular formula is C13H25N3O2S. The minimum atomic E-state index is -3.21. The second kappa shape index (κ2) is 5.68. The van der Waals surface area contributed by atoms with Crippen molar-refractivity contribution in [3.8, 4) is 0 Å². The number of rotatable bonds is 2. The zero-order valence-electron chi connectivity index (χ0n) is 11.6. The van der Waals surface area contributed by atoms with E-state index in [-0.39, 0.29) is 0 Å². The van der Waals surface area contributed by atoms with Crippen LogP contribution in [0.5, 0.6) is 0 Å². The van der Waals surface area contributed by atoms with Crippen LogP contribution in [0.2, 0.25) is 0 Å². The Morgan fingerprint density at radius 3 is 2.26 bits per heavy atom. The molecule has 1 N–H and O–H groups in total. The first-order valence-electron chi connectivity index (χ1n) is 7.64. The van der Waals surface area contributed by atoms with Crippen LogP contribution in [0.3, 0.4) is 0 Å². The van der Waals surface area contributed by atoms with E-state index in [2.05, 4.69) is 5.32 Å². The van der Waals surface area contributed by atoms with Crippen molar-refractivity contribution in [3.63, 3.8) is 0 Å². The summed E-state index contributed by atoms with van der Waals surface area (Å²) in [7, 11) is -3.21.